The zero-order valence-corrected chi connectivity index (χ0v) is 15.5. The van der Waals surface area contributed by atoms with E-state index in [1.165, 1.54) is 4.90 Å². The van der Waals surface area contributed by atoms with E-state index in [1.54, 1.807) is 0 Å². The number of rotatable bonds is 6. The molecule has 1 aromatic heterocycles. The second-order valence-electron chi connectivity index (χ2n) is 6.91. The predicted octanol–water partition coefficient (Wildman–Crippen LogP) is 2.99. The molecule has 6 heteroatoms. The molecule has 1 heterocycles. The number of para-hydroxylation sites is 1. The van der Waals surface area contributed by atoms with Gasteiger partial charge in [0.2, 0.25) is 0 Å². The van der Waals surface area contributed by atoms with Gasteiger partial charge in [-0.25, -0.2) is 4.68 Å². The smallest absolute Gasteiger partial charge is 0.323 e. The van der Waals surface area contributed by atoms with Gasteiger partial charge in [0, 0.05) is 17.3 Å². The molecule has 138 valence electrons. The van der Waals surface area contributed by atoms with Gasteiger partial charge in [-0.05, 0) is 51.2 Å². The number of carboxylic acids is 1. The van der Waals surface area contributed by atoms with Crippen LogP contribution in [0.3, 0.4) is 0 Å². The molecule has 2 aromatic rings. The number of aromatic nitrogens is 2. The lowest BCUT2D eigenvalue weighted by molar-refractivity contribution is -0.138. The van der Waals surface area contributed by atoms with Crippen LogP contribution >= 0.6 is 0 Å². The van der Waals surface area contributed by atoms with Crippen molar-refractivity contribution >= 4 is 11.9 Å². The lowest BCUT2D eigenvalue weighted by Gasteiger charge is -2.26. The van der Waals surface area contributed by atoms with Crippen molar-refractivity contribution in [2.24, 2.45) is 0 Å². The molecule has 0 bridgehead atoms. The average Bonchev–Trinajstić information content (AvgIpc) is 3.21. The lowest BCUT2D eigenvalue weighted by Crippen LogP contribution is -2.42. The Morgan fingerprint density at radius 2 is 2.04 bits per heavy atom. The Kier molecular flexibility index (Phi) is 5.11. The molecule has 0 saturated heterocycles. The van der Waals surface area contributed by atoms with E-state index in [0.717, 1.165) is 41.8 Å². The third-order valence-electron chi connectivity index (χ3n) is 5.17. The largest absolute Gasteiger partial charge is 0.480 e. The van der Waals surface area contributed by atoms with Crippen LogP contribution in [-0.4, -0.2) is 44.3 Å². The summed E-state index contributed by atoms with van der Waals surface area (Å²) in [6.07, 6.45) is 3.37. The fourth-order valence-corrected chi connectivity index (χ4v) is 3.54. The summed E-state index contributed by atoms with van der Waals surface area (Å²) < 4.78 is 1.88. The molecule has 0 spiro atoms. The number of carbonyl (C=O) groups excluding carboxylic acids is 1. The highest BCUT2D eigenvalue weighted by molar-refractivity contribution is 5.96. The summed E-state index contributed by atoms with van der Waals surface area (Å²) in [7, 11) is 0. The maximum Gasteiger partial charge on any atom is 0.323 e. The number of benzene rings is 1. The van der Waals surface area contributed by atoms with Gasteiger partial charge in [-0.2, -0.15) is 5.10 Å². The summed E-state index contributed by atoms with van der Waals surface area (Å²) in [6.45, 7) is 5.54. The molecular formula is C20H25N3O3. The van der Waals surface area contributed by atoms with Crippen LogP contribution in [0.4, 0.5) is 0 Å². The third kappa shape index (κ3) is 3.23. The van der Waals surface area contributed by atoms with E-state index >= 15 is 0 Å². The normalized spacial score (nSPS) is 14.1. The second kappa shape index (κ2) is 7.32. The van der Waals surface area contributed by atoms with Gasteiger partial charge in [0.15, 0.2) is 5.69 Å². The zero-order chi connectivity index (χ0) is 18.8. The number of amides is 1. The Balaban J connectivity index is 2.06. The number of aryl methyl sites for hydroxylation is 1. The molecule has 1 unspecified atom stereocenters. The molecule has 1 amide bonds. The number of hydrogen-bond donors (Lipinski definition) is 1. The molecule has 3 rings (SSSR count). The van der Waals surface area contributed by atoms with E-state index in [1.807, 2.05) is 49.7 Å². The topological polar surface area (TPSA) is 75.4 Å². The number of hydrogen-bond acceptors (Lipinski definition) is 3. The van der Waals surface area contributed by atoms with Gasteiger partial charge in [-0.1, -0.05) is 25.1 Å². The van der Waals surface area contributed by atoms with Crippen molar-refractivity contribution in [1.29, 1.82) is 0 Å². The number of carbonyl (C=O) groups is 2. The fourth-order valence-electron chi connectivity index (χ4n) is 3.54. The van der Waals surface area contributed by atoms with Gasteiger partial charge in [-0.15, -0.1) is 0 Å². The number of aliphatic carboxylic acids is 1. The number of carboxylic acid groups (broad SMARTS) is 1. The van der Waals surface area contributed by atoms with Crippen LogP contribution in [0, 0.1) is 6.92 Å². The molecule has 0 fully saturated rings. The van der Waals surface area contributed by atoms with E-state index < -0.39 is 5.97 Å². The van der Waals surface area contributed by atoms with E-state index in [9.17, 15) is 14.7 Å². The number of nitrogens with zero attached hydrogens (tertiary/aromatic N) is 3. The van der Waals surface area contributed by atoms with Crippen molar-refractivity contribution in [2.45, 2.75) is 52.5 Å². The highest BCUT2D eigenvalue weighted by atomic mass is 16.4. The first kappa shape index (κ1) is 18.2. The molecule has 1 aliphatic rings. The summed E-state index contributed by atoms with van der Waals surface area (Å²) in [5.41, 5.74) is 4.51. The van der Waals surface area contributed by atoms with Crippen LogP contribution in [0.5, 0.6) is 0 Å². The van der Waals surface area contributed by atoms with Gasteiger partial charge in [0.25, 0.3) is 5.91 Å². The summed E-state index contributed by atoms with van der Waals surface area (Å²) in [4.78, 5) is 25.8. The highest BCUT2D eigenvalue weighted by Gasteiger charge is 2.32. The van der Waals surface area contributed by atoms with Crippen molar-refractivity contribution in [3.63, 3.8) is 0 Å². The SMILES string of the molecule is CCC(C)N(CC(=O)O)C(=O)c1nn(-c2ccccc2C)c2c1CCC2. The van der Waals surface area contributed by atoms with E-state index in [0.29, 0.717) is 12.1 Å². The van der Waals surface area contributed by atoms with Gasteiger partial charge in [0.1, 0.15) is 6.54 Å². The molecule has 26 heavy (non-hydrogen) atoms. The summed E-state index contributed by atoms with van der Waals surface area (Å²) in [5, 5.41) is 13.9. The third-order valence-corrected chi connectivity index (χ3v) is 5.17. The molecule has 0 radical (unpaired) electrons. The van der Waals surface area contributed by atoms with Gasteiger partial charge in [-0.3, -0.25) is 9.59 Å². The van der Waals surface area contributed by atoms with Crippen LogP contribution in [0.15, 0.2) is 24.3 Å². The first-order valence-electron chi connectivity index (χ1n) is 9.13. The summed E-state index contributed by atoms with van der Waals surface area (Å²) >= 11 is 0. The maximum atomic E-state index is 13.2. The van der Waals surface area contributed by atoms with Crippen LogP contribution in [0.2, 0.25) is 0 Å². The van der Waals surface area contributed by atoms with E-state index in [-0.39, 0.29) is 18.5 Å². The molecule has 0 aliphatic heterocycles. The maximum absolute atomic E-state index is 13.2. The van der Waals surface area contributed by atoms with Crippen molar-refractivity contribution in [2.75, 3.05) is 6.54 Å². The monoisotopic (exact) mass is 355 g/mol. The van der Waals surface area contributed by atoms with Gasteiger partial charge < -0.3 is 10.0 Å². The minimum atomic E-state index is -1.01. The molecule has 6 nitrogen and oxygen atoms in total. The Hall–Kier alpha value is -2.63. The van der Waals surface area contributed by atoms with Gasteiger partial charge in [0.05, 0.1) is 5.69 Å². The predicted molar refractivity (Wildman–Crippen MR) is 98.8 cm³/mol. The quantitative estimate of drug-likeness (QED) is 0.864. The standard InChI is InChI=1S/C20H25N3O3/c1-4-14(3)22(12-18(24)25)20(26)19-15-9-7-11-17(15)23(21-19)16-10-6-5-8-13(16)2/h5-6,8,10,14H,4,7,9,11-12H2,1-3H3,(H,24,25). The Morgan fingerprint density at radius 1 is 1.31 bits per heavy atom. The summed E-state index contributed by atoms with van der Waals surface area (Å²) in [5.74, 6) is -1.29. The van der Waals surface area contributed by atoms with Crippen molar-refractivity contribution in [1.82, 2.24) is 14.7 Å². The van der Waals surface area contributed by atoms with Crippen LogP contribution in [-0.2, 0) is 17.6 Å². The molecule has 1 atom stereocenters. The zero-order valence-electron chi connectivity index (χ0n) is 15.5. The Labute approximate surface area is 153 Å². The number of fused-ring (bicyclic) bond motifs is 1. The first-order chi connectivity index (χ1) is 12.4. The minimum absolute atomic E-state index is 0.153. The average molecular weight is 355 g/mol. The van der Waals surface area contributed by atoms with Crippen LogP contribution in [0.1, 0.15) is 54.0 Å². The minimum Gasteiger partial charge on any atom is -0.480 e. The lowest BCUT2D eigenvalue weighted by atomic mass is 10.1. The van der Waals surface area contributed by atoms with E-state index in [4.69, 9.17) is 0 Å². The highest BCUT2D eigenvalue weighted by Crippen LogP contribution is 2.30. The van der Waals surface area contributed by atoms with Crippen molar-refractivity contribution in [3.8, 4) is 5.69 Å². The molecule has 1 N–H and O–H groups in total. The summed E-state index contributed by atoms with van der Waals surface area (Å²) in [6, 6.07) is 7.81. The Bertz CT molecular complexity index is 841. The Morgan fingerprint density at radius 3 is 2.69 bits per heavy atom. The fraction of sp³-hybridized carbons (Fsp3) is 0.450. The molecule has 1 aliphatic carbocycles. The van der Waals surface area contributed by atoms with E-state index in [2.05, 4.69) is 5.10 Å². The molecule has 1 aromatic carbocycles. The van der Waals surface area contributed by atoms with Crippen LogP contribution in [0.25, 0.3) is 5.69 Å². The van der Waals surface area contributed by atoms with Gasteiger partial charge >= 0.3 is 5.97 Å². The first-order valence-corrected chi connectivity index (χ1v) is 9.13. The van der Waals surface area contributed by atoms with Crippen molar-refractivity contribution < 1.29 is 14.7 Å². The molecular weight excluding hydrogens is 330 g/mol. The van der Waals surface area contributed by atoms with Crippen LogP contribution < -0.4 is 0 Å². The molecule has 0 saturated carbocycles. The van der Waals surface area contributed by atoms with Crippen molar-refractivity contribution in [3.05, 3.63) is 46.8 Å². The second-order valence-corrected chi connectivity index (χ2v) is 6.91.